The van der Waals surface area contributed by atoms with E-state index in [0.717, 1.165) is 17.0 Å². The van der Waals surface area contributed by atoms with Crippen LogP contribution in [0.5, 0.6) is 0 Å². The molecule has 0 spiro atoms. The van der Waals surface area contributed by atoms with Crippen molar-refractivity contribution in [2.24, 2.45) is 0 Å². The minimum atomic E-state index is -0.0165. The number of hydrogen-bond acceptors (Lipinski definition) is 3. The van der Waals surface area contributed by atoms with Gasteiger partial charge in [-0.25, -0.2) is 4.98 Å². The van der Waals surface area contributed by atoms with Crippen molar-refractivity contribution in [2.75, 3.05) is 0 Å². The van der Waals surface area contributed by atoms with Gasteiger partial charge in [0.1, 0.15) is 5.01 Å². The molecule has 3 aromatic rings. The van der Waals surface area contributed by atoms with E-state index in [0.29, 0.717) is 18.0 Å². The quantitative estimate of drug-likeness (QED) is 0.717. The SMILES string of the molecule is O=C(Cc1ccc(Cl)cc1)NCc1ncc(Cc2ccccc2)s1. The number of aromatic nitrogens is 1. The van der Waals surface area contributed by atoms with Crippen LogP contribution in [0.25, 0.3) is 0 Å². The zero-order valence-electron chi connectivity index (χ0n) is 13.0. The van der Waals surface area contributed by atoms with E-state index in [4.69, 9.17) is 11.6 Å². The van der Waals surface area contributed by atoms with Gasteiger partial charge in [-0.05, 0) is 23.3 Å². The van der Waals surface area contributed by atoms with Crippen molar-refractivity contribution in [3.63, 3.8) is 0 Å². The molecule has 122 valence electrons. The second-order valence-electron chi connectivity index (χ2n) is 5.46. The first-order chi connectivity index (χ1) is 11.7. The molecule has 3 rings (SSSR count). The molecule has 1 N–H and O–H groups in total. The fourth-order valence-corrected chi connectivity index (χ4v) is 3.36. The van der Waals surface area contributed by atoms with Crippen LogP contribution < -0.4 is 5.32 Å². The zero-order chi connectivity index (χ0) is 16.8. The van der Waals surface area contributed by atoms with Crippen molar-refractivity contribution in [3.8, 4) is 0 Å². The largest absolute Gasteiger partial charge is 0.349 e. The molecule has 0 bridgehead atoms. The first-order valence-electron chi connectivity index (χ1n) is 7.68. The number of benzene rings is 2. The number of nitrogens with one attached hydrogen (secondary N) is 1. The molecular formula is C19H17ClN2OS. The number of rotatable bonds is 6. The Morgan fingerprint density at radius 3 is 2.54 bits per heavy atom. The van der Waals surface area contributed by atoms with Gasteiger partial charge in [0.2, 0.25) is 5.91 Å². The molecule has 0 aliphatic heterocycles. The van der Waals surface area contributed by atoms with Gasteiger partial charge in [-0.15, -0.1) is 11.3 Å². The summed E-state index contributed by atoms with van der Waals surface area (Å²) in [6.45, 7) is 0.464. The van der Waals surface area contributed by atoms with E-state index in [1.165, 1.54) is 10.4 Å². The smallest absolute Gasteiger partial charge is 0.224 e. The average Bonchev–Trinajstić information content (AvgIpc) is 3.03. The van der Waals surface area contributed by atoms with E-state index in [9.17, 15) is 4.79 Å². The molecule has 0 atom stereocenters. The molecule has 1 amide bonds. The number of hydrogen-bond donors (Lipinski definition) is 1. The second kappa shape index (κ2) is 8.08. The van der Waals surface area contributed by atoms with Gasteiger partial charge in [-0.3, -0.25) is 4.79 Å². The molecule has 0 fully saturated rings. The lowest BCUT2D eigenvalue weighted by Gasteiger charge is -2.03. The lowest BCUT2D eigenvalue weighted by atomic mass is 10.1. The zero-order valence-corrected chi connectivity index (χ0v) is 14.6. The van der Waals surface area contributed by atoms with Gasteiger partial charge in [0.05, 0.1) is 13.0 Å². The van der Waals surface area contributed by atoms with Crippen LogP contribution in [0, 0.1) is 0 Å². The molecule has 3 nitrogen and oxygen atoms in total. The van der Waals surface area contributed by atoms with Crippen LogP contribution in [0.4, 0.5) is 0 Å². The highest BCUT2D eigenvalue weighted by atomic mass is 35.5. The van der Waals surface area contributed by atoms with Crippen LogP contribution in [-0.4, -0.2) is 10.9 Å². The predicted molar refractivity (Wildman–Crippen MR) is 98.4 cm³/mol. The van der Waals surface area contributed by atoms with E-state index in [2.05, 4.69) is 22.4 Å². The highest BCUT2D eigenvalue weighted by Gasteiger charge is 2.07. The molecule has 1 aromatic heterocycles. The third-order valence-electron chi connectivity index (χ3n) is 3.54. The molecule has 0 aliphatic carbocycles. The Kier molecular flexibility index (Phi) is 5.62. The van der Waals surface area contributed by atoms with Crippen molar-refractivity contribution < 1.29 is 4.79 Å². The first-order valence-corrected chi connectivity index (χ1v) is 8.87. The number of halogens is 1. The lowest BCUT2D eigenvalue weighted by molar-refractivity contribution is -0.120. The van der Waals surface area contributed by atoms with Gasteiger partial charge >= 0.3 is 0 Å². The van der Waals surface area contributed by atoms with Crippen molar-refractivity contribution in [3.05, 3.63) is 86.8 Å². The normalized spacial score (nSPS) is 10.5. The summed E-state index contributed by atoms with van der Waals surface area (Å²) in [5.41, 5.74) is 2.21. The van der Waals surface area contributed by atoms with E-state index >= 15 is 0 Å². The lowest BCUT2D eigenvalue weighted by Crippen LogP contribution is -2.24. The van der Waals surface area contributed by atoms with E-state index in [-0.39, 0.29) is 5.91 Å². The molecule has 2 aromatic carbocycles. The van der Waals surface area contributed by atoms with E-state index in [1.54, 1.807) is 23.5 Å². The van der Waals surface area contributed by atoms with Crippen LogP contribution in [0.3, 0.4) is 0 Å². The fourth-order valence-electron chi connectivity index (χ4n) is 2.33. The standard InChI is InChI=1S/C19H17ClN2OS/c20-16-8-6-15(7-9-16)11-18(23)21-13-19-22-12-17(24-19)10-14-4-2-1-3-5-14/h1-9,12H,10-11,13H2,(H,21,23). The Morgan fingerprint density at radius 2 is 1.79 bits per heavy atom. The Balaban J connectivity index is 1.50. The van der Waals surface area contributed by atoms with Gasteiger partial charge in [0.15, 0.2) is 0 Å². The van der Waals surface area contributed by atoms with Crippen molar-refractivity contribution >= 4 is 28.8 Å². The van der Waals surface area contributed by atoms with Crippen molar-refractivity contribution in [1.82, 2.24) is 10.3 Å². The Labute approximate surface area is 150 Å². The summed E-state index contributed by atoms with van der Waals surface area (Å²) in [5, 5.41) is 4.51. The van der Waals surface area contributed by atoms with Gasteiger partial charge in [-0.1, -0.05) is 54.1 Å². The van der Waals surface area contributed by atoms with Crippen LogP contribution in [-0.2, 0) is 24.2 Å². The fraction of sp³-hybridized carbons (Fsp3) is 0.158. The van der Waals surface area contributed by atoms with Crippen molar-refractivity contribution in [1.29, 1.82) is 0 Å². The molecule has 0 radical (unpaired) electrons. The summed E-state index contributed by atoms with van der Waals surface area (Å²) in [7, 11) is 0. The third kappa shape index (κ3) is 4.91. The molecule has 0 saturated carbocycles. The van der Waals surface area contributed by atoms with E-state index < -0.39 is 0 Å². The highest BCUT2D eigenvalue weighted by molar-refractivity contribution is 7.11. The molecule has 5 heteroatoms. The maximum Gasteiger partial charge on any atom is 0.224 e. The second-order valence-corrected chi connectivity index (χ2v) is 7.10. The summed E-state index contributed by atoms with van der Waals surface area (Å²) in [6, 6.07) is 17.6. The first kappa shape index (κ1) is 16.7. The molecule has 1 heterocycles. The van der Waals surface area contributed by atoms with Crippen LogP contribution in [0.2, 0.25) is 5.02 Å². The molecule has 24 heavy (non-hydrogen) atoms. The monoisotopic (exact) mass is 356 g/mol. The molecular weight excluding hydrogens is 340 g/mol. The number of carbonyl (C=O) groups is 1. The molecule has 0 unspecified atom stereocenters. The maximum absolute atomic E-state index is 12.0. The number of amides is 1. The minimum absolute atomic E-state index is 0.0165. The van der Waals surface area contributed by atoms with Gasteiger partial charge in [0, 0.05) is 22.5 Å². The van der Waals surface area contributed by atoms with Crippen LogP contribution >= 0.6 is 22.9 Å². The summed E-state index contributed by atoms with van der Waals surface area (Å²) in [6.07, 6.45) is 3.11. The Hall–Kier alpha value is -2.17. The summed E-state index contributed by atoms with van der Waals surface area (Å²) < 4.78 is 0. The van der Waals surface area contributed by atoms with Crippen molar-refractivity contribution in [2.45, 2.75) is 19.4 Å². The van der Waals surface area contributed by atoms with Gasteiger partial charge < -0.3 is 5.32 Å². The number of carbonyl (C=O) groups excluding carboxylic acids is 1. The number of thiazole rings is 1. The predicted octanol–water partition coefficient (Wildman–Crippen LogP) is 4.25. The molecule has 0 saturated heterocycles. The summed E-state index contributed by atoms with van der Waals surface area (Å²) >= 11 is 7.48. The van der Waals surface area contributed by atoms with Gasteiger partial charge in [-0.2, -0.15) is 0 Å². The Bertz CT molecular complexity index is 800. The third-order valence-corrected chi connectivity index (χ3v) is 4.79. The highest BCUT2D eigenvalue weighted by Crippen LogP contribution is 2.17. The summed E-state index contributed by atoms with van der Waals surface area (Å²) in [4.78, 5) is 17.6. The minimum Gasteiger partial charge on any atom is -0.349 e. The number of nitrogens with zero attached hydrogens (tertiary/aromatic N) is 1. The average molecular weight is 357 g/mol. The van der Waals surface area contributed by atoms with Crippen LogP contribution in [0.15, 0.2) is 60.8 Å². The Morgan fingerprint density at radius 1 is 1.04 bits per heavy atom. The van der Waals surface area contributed by atoms with Crippen LogP contribution in [0.1, 0.15) is 21.0 Å². The maximum atomic E-state index is 12.0. The van der Waals surface area contributed by atoms with Gasteiger partial charge in [0.25, 0.3) is 0 Å². The van der Waals surface area contributed by atoms with E-state index in [1.807, 2.05) is 36.5 Å². The molecule has 0 aliphatic rings. The topological polar surface area (TPSA) is 42.0 Å². The summed E-state index contributed by atoms with van der Waals surface area (Å²) in [5.74, 6) is -0.0165.